The van der Waals surface area contributed by atoms with Crippen LogP contribution in [-0.2, 0) is 10.0 Å². The Bertz CT molecular complexity index is 702. The van der Waals surface area contributed by atoms with Crippen LogP contribution in [0, 0.1) is 0 Å². The maximum atomic E-state index is 12.3. The Morgan fingerprint density at radius 1 is 1.40 bits per heavy atom. The van der Waals surface area contributed by atoms with E-state index in [9.17, 15) is 8.42 Å². The highest BCUT2D eigenvalue weighted by Gasteiger charge is 2.19. The number of aromatic nitrogens is 1. The highest BCUT2D eigenvalue weighted by Crippen LogP contribution is 2.27. The first kappa shape index (κ1) is 15.2. The third-order valence-electron chi connectivity index (χ3n) is 2.54. The van der Waals surface area contributed by atoms with Crippen molar-refractivity contribution >= 4 is 38.8 Å². The van der Waals surface area contributed by atoms with Crippen molar-refractivity contribution in [1.82, 2.24) is 9.71 Å². The number of hydrazine groups is 1. The fourth-order valence-corrected chi connectivity index (χ4v) is 3.95. The first-order valence-corrected chi connectivity index (χ1v) is 8.30. The van der Waals surface area contributed by atoms with Crippen LogP contribution in [0.25, 0.3) is 0 Å². The van der Waals surface area contributed by atoms with E-state index in [4.69, 9.17) is 17.4 Å². The van der Waals surface area contributed by atoms with E-state index < -0.39 is 10.0 Å². The van der Waals surface area contributed by atoms with Gasteiger partial charge in [0.2, 0.25) is 10.0 Å². The van der Waals surface area contributed by atoms with E-state index in [-0.39, 0.29) is 16.8 Å². The molecule has 0 amide bonds. The minimum Gasteiger partial charge on any atom is -0.308 e. The lowest BCUT2D eigenvalue weighted by molar-refractivity contribution is 0.568. The Balaban J connectivity index is 2.22. The lowest BCUT2D eigenvalue weighted by Crippen LogP contribution is -2.26. The van der Waals surface area contributed by atoms with Gasteiger partial charge in [0.1, 0.15) is 5.82 Å². The van der Waals surface area contributed by atoms with Crippen LogP contribution < -0.4 is 16.0 Å². The van der Waals surface area contributed by atoms with Gasteiger partial charge in [-0.25, -0.2) is 24.0 Å². The number of thiophene rings is 1. The third kappa shape index (κ3) is 3.47. The van der Waals surface area contributed by atoms with Gasteiger partial charge in [0, 0.05) is 17.1 Å². The van der Waals surface area contributed by atoms with Crippen molar-refractivity contribution in [3.8, 4) is 0 Å². The second-order valence-corrected chi connectivity index (χ2v) is 7.47. The minimum atomic E-state index is -3.65. The summed E-state index contributed by atoms with van der Waals surface area (Å²) >= 11 is 7.18. The van der Waals surface area contributed by atoms with Crippen LogP contribution in [0.4, 0.5) is 5.82 Å². The molecule has 0 aliphatic carbocycles. The average Bonchev–Trinajstić information content (AvgIpc) is 2.85. The zero-order valence-electron chi connectivity index (χ0n) is 10.5. The molecular formula is C11H13ClN4O2S2. The number of nitrogens with two attached hydrogens (primary N) is 1. The molecule has 2 heterocycles. The van der Waals surface area contributed by atoms with Crippen molar-refractivity contribution in [3.63, 3.8) is 0 Å². The van der Waals surface area contributed by atoms with Crippen LogP contribution in [0.1, 0.15) is 17.8 Å². The first-order valence-electron chi connectivity index (χ1n) is 5.62. The fraction of sp³-hybridized carbons (Fsp3) is 0.182. The maximum Gasteiger partial charge on any atom is 0.241 e. The van der Waals surface area contributed by atoms with Gasteiger partial charge in [-0.15, -0.1) is 11.3 Å². The van der Waals surface area contributed by atoms with E-state index in [2.05, 4.69) is 15.1 Å². The predicted molar refractivity (Wildman–Crippen MR) is 80.1 cm³/mol. The number of hydrogen-bond donors (Lipinski definition) is 3. The molecule has 2 rings (SSSR count). The molecule has 0 radical (unpaired) electrons. The molecule has 0 aliphatic rings. The van der Waals surface area contributed by atoms with E-state index in [1.165, 1.54) is 29.7 Å². The molecule has 20 heavy (non-hydrogen) atoms. The SMILES string of the molecule is CC(NS(=O)(=O)c1ccnc(NN)c1)c1ccc(Cl)s1. The Morgan fingerprint density at radius 3 is 2.75 bits per heavy atom. The molecule has 1 atom stereocenters. The Kier molecular flexibility index (Phi) is 4.61. The molecule has 0 fully saturated rings. The minimum absolute atomic E-state index is 0.0925. The van der Waals surface area contributed by atoms with Crippen LogP contribution in [-0.4, -0.2) is 13.4 Å². The van der Waals surface area contributed by atoms with E-state index in [0.29, 0.717) is 4.34 Å². The molecule has 2 aromatic rings. The number of nitrogen functional groups attached to an aromatic ring is 1. The van der Waals surface area contributed by atoms with Crippen LogP contribution in [0.15, 0.2) is 35.4 Å². The van der Waals surface area contributed by atoms with Gasteiger partial charge in [0.15, 0.2) is 0 Å². The summed E-state index contributed by atoms with van der Waals surface area (Å²) in [6.45, 7) is 1.75. The van der Waals surface area contributed by atoms with Gasteiger partial charge in [-0.3, -0.25) is 0 Å². The van der Waals surface area contributed by atoms with Gasteiger partial charge in [-0.1, -0.05) is 11.6 Å². The second kappa shape index (κ2) is 6.06. The number of nitrogens with zero attached hydrogens (tertiary/aromatic N) is 1. The fourth-order valence-electron chi connectivity index (χ4n) is 1.58. The third-order valence-corrected chi connectivity index (χ3v) is 5.49. The van der Waals surface area contributed by atoms with E-state index in [1.54, 1.807) is 19.1 Å². The summed E-state index contributed by atoms with van der Waals surface area (Å²) in [5, 5.41) is 0. The topological polar surface area (TPSA) is 97.1 Å². The van der Waals surface area contributed by atoms with Crippen molar-refractivity contribution in [1.29, 1.82) is 0 Å². The molecule has 0 aliphatic heterocycles. The normalized spacial score (nSPS) is 13.2. The van der Waals surface area contributed by atoms with Crippen LogP contribution in [0.2, 0.25) is 4.34 Å². The van der Waals surface area contributed by atoms with Gasteiger partial charge in [-0.05, 0) is 25.1 Å². The standard InChI is InChI=1S/C11H13ClN4O2S2/c1-7(9-2-3-10(12)19-9)16-20(17,18)8-4-5-14-11(6-8)15-13/h2-7,16H,13H2,1H3,(H,14,15). The van der Waals surface area contributed by atoms with Gasteiger partial charge >= 0.3 is 0 Å². The van der Waals surface area contributed by atoms with E-state index in [0.717, 1.165) is 4.88 Å². The molecular weight excluding hydrogens is 320 g/mol. The van der Waals surface area contributed by atoms with E-state index >= 15 is 0 Å². The largest absolute Gasteiger partial charge is 0.308 e. The summed E-state index contributed by atoms with van der Waals surface area (Å²) in [5.74, 6) is 5.49. The highest BCUT2D eigenvalue weighted by molar-refractivity contribution is 7.89. The van der Waals surface area contributed by atoms with Crippen molar-refractivity contribution < 1.29 is 8.42 Å². The number of nitrogens with one attached hydrogen (secondary N) is 2. The zero-order chi connectivity index (χ0) is 14.8. The summed E-state index contributed by atoms with van der Waals surface area (Å²) in [6, 6.07) is 5.91. The van der Waals surface area contributed by atoms with Gasteiger partial charge in [-0.2, -0.15) is 0 Å². The number of halogens is 1. The van der Waals surface area contributed by atoms with Crippen molar-refractivity contribution in [2.24, 2.45) is 5.84 Å². The summed E-state index contributed by atoms with van der Waals surface area (Å²) in [6.07, 6.45) is 1.37. The molecule has 108 valence electrons. The maximum absolute atomic E-state index is 12.3. The Morgan fingerprint density at radius 2 is 2.15 bits per heavy atom. The molecule has 4 N–H and O–H groups in total. The average molecular weight is 333 g/mol. The van der Waals surface area contributed by atoms with Crippen molar-refractivity contribution in [3.05, 3.63) is 39.7 Å². The predicted octanol–water partition coefficient (Wildman–Crippen LogP) is 2.12. The molecule has 9 heteroatoms. The summed E-state index contributed by atoms with van der Waals surface area (Å²) in [4.78, 5) is 4.80. The smallest absolute Gasteiger partial charge is 0.241 e. The van der Waals surface area contributed by atoms with Crippen molar-refractivity contribution in [2.75, 3.05) is 5.43 Å². The van der Waals surface area contributed by atoms with Crippen LogP contribution in [0.5, 0.6) is 0 Å². The Hall–Kier alpha value is -1.19. The number of rotatable bonds is 5. The summed E-state index contributed by atoms with van der Waals surface area (Å²) in [7, 11) is -3.65. The summed E-state index contributed by atoms with van der Waals surface area (Å²) in [5.41, 5.74) is 2.31. The second-order valence-electron chi connectivity index (χ2n) is 4.01. The first-order chi connectivity index (χ1) is 9.42. The monoisotopic (exact) mass is 332 g/mol. The molecule has 0 bridgehead atoms. The number of sulfonamides is 1. The van der Waals surface area contributed by atoms with Crippen LogP contribution >= 0.6 is 22.9 Å². The number of hydrogen-bond acceptors (Lipinski definition) is 6. The molecule has 0 spiro atoms. The van der Waals surface area contributed by atoms with E-state index in [1.807, 2.05) is 0 Å². The van der Waals surface area contributed by atoms with Gasteiger partial charge < -0.3 is 5.43 Å². The Labute approximate surface area is 126 Å². The number of anilines is 1. The molecule has 2 aromatic heterocycles. The zero-order valence-corrected chi connectivity index (χ0v) is 12.9. The molecule has 0 aromatic carbocycles. The van der Waals surface area contributed by atoms with Crippen LogP contribution in [0.3, 0.4) is 0 Å². The number of pyridine rings is 1. The van der Waals surface area contributed by atoms with Crippen molar-refractivity contribution in [2.45, 2.75) is 17.9 Å². The molecule has 1 unspecified atom stereocenters. The lowest BCUT2D eigenvalue weighted by Gasteiger charge is -2.13. The molecule has 0 saturated heterocycles. The quantitative estimate of drug-likeness (QED) is 0.575. The highest BCUT2D eigenvalue weighted by atomic mass is 35.5. The lowest BCUT2D eigenvalue weighted by atomic mass is 10.3. The molecule has 6 nitrogen and oxygen atoms in total. The molecule has 0 saturated carbocycles. The van der Waals surface area contributed by atoms with Gasteiger partial charge in [0.05, 0.1) is 15.3 Å². The summed E-state index contributed by atoms with van der Waals surface area (Å²) < 4.78 is 27.7. The van der Waals surface area contributed by atoms with Gasteiger partial charge in [0.25, 0.3) is 0 Å².